The van der Waals surface area contributed by atoms with Crippen molar-refractivity contribution in [3.63, 3.8) is 0 Å². The lowest BCUT2D eigenvalue weighted by Crippen LogP contribution is -2.37. The zero-order valence-electron chi connectivity index (χ0n) is 16.2. The third kappa shape index (κ3) is 10.5. The summed E-state index contributed by atoms with van der Waals surface area (Å²) >= 11 is 7.10. The van der Waals surface area contributed by atoms with Gasteiger partial charge in [0.25, 0.3) is 0 Å². The first-order chi connectivity index (χ1) is 12.5. The number of thiocarbonyl (C=S) groups is 1. The van der Waals surface area contributed by atoms with E-state index in [0.717, 1.165) is 59.9 Å². The standard InChI is InChI=1S/C16H24N4OS2.C2H7N/c1-13-10-20(12-19-13)8-3-6-17-16(22)18-7-9-23-11-15-5-4-14(2)21-15;1-3-2/h4-5,10,12H,3,6-9,11H2,1-2H3,(H2,17,18,22);3H,1-2H3. The minimum absolute atomic E-state index is 0.723. The molecule has 0 aliphatic carbocycles. The van der Waals surface area contributed by atoms with Crippen LogP contribution in [0.1, 0.15) is 23.6 Å². The van der Waals surface area contributed by atoms with Crippen molar-refractivity contribution in [2.75, 3.05) is 32.9 Å². The molecule has 2 aromatic rings. The predicted molar refractivity (Wildman–Crippen MR) is 115 cm³/mol. The fourth-order valence-electron chi connectivity index (χ4n) is 2.09. The molecular weight excluding hydrogens is 366 g/mol. The van der Waals surface area contributed by atoms with E-state index in [9.17, 15) is 0 Å². The molecule has 2 rings (SSSR count). The predicted octanol–water partition coefficient (Wildman–Crippen LogP) is 2.72. The summed E-state index contributed by atoms with van der Waals surface area (Å²) in [5.74, 6) is 3.90. The van der Waals surface area contributed by atoms with Gasteiger partial charge in [-0.15, -0.1) is 0 Å². The fourth-order valence-corrected chi connectivity index (χ4v) is 3.04. The Labute approximate surface area is 166 Å². The first-order valence-electron chi connectivity index (χ1n) is 8.76. The quantitative estimate of drug-likeness (QED) is 0.444. The summed E-state index contributed by atoms with van der Waals surface area (Å²) in [4.78, 5) is 4.21. The zero-order valence-corrected chi connectivity index (χ0v) is 17.8. The Hall–Kier alpha value is -1.51. The first kappa shape index (κ1) is 22.5. The van der Waals surface area contributed by atoms with Gasteiger partial charge in [-0.3, -0.25) is 0 Å². The van der Waals surface area contributed by atoms with Gasteiger partial charge < -0.3 is 24.9 Å². The Bertz CT molecular complexity index is 627. The van der Waals surface area contributed by atoms with Crippen LogP contribution in [-0.2, 0) is 12.3 Å². The molecule has 146 valence electrons. The Morgan fingerprint density at radius 3 is 2.58 bits per heavy atom. The van der Waals surface area contributed by atoms with Gasteiger partial charge in [0, 0.05) is 31.6 Å². The monoisotopic (exact) mass is 397 g/mol. The molecule has 0 aliphatic rings. The molecule has 8 heteroatoms. The van der Waals surface area contributed by atoms with Crippen molar-refractivity contribution in [1.29, 1.82) is 0 Å². The zero-order chi connectivity index (χ0) is 19.2. The van der Waals surface area contributed by atoms with E-state index in [1.54, 1.807) is 0 Å². The summed E-state index contributed by atoms with van der Waals surface area (Å²) in [6, 6.07) is 4.03. The van der Waals surface area contributed by atoms with Gasteiger partial charge in [0.05, 0.1) is 17.8 Å². The highest BCUT2D eigenvalue weighted by Crippen LogP contribution is 2.14. The molecule has 0 spiro atoms. The number of thioether (sulfide) groups is 1. The maximum absolute atomic E-state index is 5.53. The molecule has 0 saturated heterocycles. The molecule has 0 bridgehead atoms. The Balaban J connectivity index is 0.00000105. The van der Waals surface area contributed by atoms with Crippen molar-refractivity contribution in [3.05, 3.63) is 41.9 Å². The molecule has 6 nitrogen and oxygen atoms in total. The van der Waals surface area contributed by atoms with E-state index in [4.69, 9.17) is 16.6 Å². The van der Waals surface area contributed by atoms with E-state index >= 15 is 0 Å². The lowest BCUT2D eigenvalue weighted by atomic mass is 10.4. The van der Waals surface area contributed by atoms with Crippen LogP contribution in [0.2, 0.25) is 0 Å². The maximum atomic E-state index is 5.53. The molecule has 2 heterocycles. The molecular formula is C18H31N5OS2. The van der Waals surface area contributed by atoms with Crippen LogP contribution in [0.3, 0.4) is 0 Å². The van der Waals surface area contributed by atoms with Crippen molar-refractivity contribution in [3.8, 4) is 0 Å². The van der Waals surface area contributed by atoms with Crippen molar-refractivity contribution in [2.45, 2.75) is 32.6 Å². The van der Waals surface area contributed by atoms with Crippen LogP contribution in [0, 0.1) is 13.8 Å². The van der Waals surface area contributed by atoms with Crippen LogP contribution in [-0.4, -0.2) is 47.6 Å². The maximum Gasteiger partial charge on any atom is 0.166 e. The highest BCUT2D eigenvalue weighted by molar-refractivity contribution is 7.98. The van der Waals surface area contributed by atoms with Crippen LogP contribution < -0.4 is 16.0 Å². The number of nitrogens with zero attached hydrogens (tertiary/aromatic N) is 2. The van der Waals surface area contributed by atoms with E-state index in [1.165, 1.54) is 0 Å². The van der Waals surface area contributed by atoms with Crippen LogP contribution in [0.4, 0.5) is 0 Å². The highest BCUT2D eigenvalue weighted by atomic mass is 32.2. The highest BCUT2D eigenvalue weighted by Gasteiger charge is 2.00. The average molecular weight is 398 g/mol. The third-order valence-corrected chi connectivity index (χ3v) is 4.48. The van der Waals surface area contributed by atoms with E-state index in [2.05, 4.69) is 25.5 Å². The molecule has 0 aliphatic heterocycles. The minimum Gasteiger partial charge on any atom is -0.466 e. The van der Waals surface area contributed by atoms with E-state index in [1.807, 2.05) is 64.4 Å². The van der Waals surface area contributed by atoms with Gasteiger partial charge in [0.1, 0.15) is 11.5 Å². The van der Waals surface area contributed by atoms with Gasteiger partial charge in [-0.2, -0.15) is 11.8 Å². The molecule has 0 radical (unpaired) electrons. The number of furan rings is 1. The lowest BCUT2D eigenvalue weighted by Gasteiger charge is -2.10. The lowest BCUT2D eigenvalue weighted by molar-refractivity contribution is 0.501. The van der Waals surface area contributed by atoms with Gasteiger partial charge in [0.2, 0.25) is 0 Å². The number of hydrogen-bond acceptors (Lipinski definition) is 5. The molecule has 0 amide bonds. The second kappa shape index (κ2) is 13.7. The summed E-state index contributed by atoms with van der Waals surface area (Å²) in [6.45, 7) is 6.64. The van der Waals surface area contributed by atoms with Crippen LogP contribution in [0.25, 0.3) is 0 Å². The minimum atomic E-state index is 0.723. The van der Waals surface area contributed by atoms with Crippen molar-refractivity contribution in [1.82, 2.24) is 25.5 Å². The third-order valence-electron chi connectivity index (χ3n) is 3.21. The van der Waals surface area contributed by atoms with Crippen LogP contribution >= 0.6 is 24.0 Å². The normalized spacial score (nSPS) is 10.2. The Morgan fingerprint density at radius 2 is 1.96 bits per heavy atom. The summed E-state index contributed by atoms with van der Waals surface area (Å²) < 4.78 is 7.63. The summed E-state index contributed by atoms with van der Waals surface area (Å²) in [7, 11) is 3.75. The largest absolute Gasteiger partial charge is 0.466 e. The average Bonchev–Trinajstić information content (AvgIpc) is 3.20. The molecule has 2 aromatic heterocycles. The number of aryl methyl sites for hydroxylation is 3. The number of rotatable bonds is 9. The van der Waals surface area contributed by atoms with Gasteiger partial charge in [-0.25, -0.2) is 4.98 Å². The second-order valence-electron chi connectivity index (χ2n) is 5.85. The molecule has 0 fully saturated rings. The van der Waals surface area contributed by atoms with Gasteiger partial charge >= 0.3 is 0 Å². The molecule has 0 saturated carbocycles. The number of nitrogens with one attached hydrogen (secondary N) is 3. The SMILES string of the molecule is CNC.Cc1cn(CCCNC(=S)NCCSCc2ccc(C)o2)cn1. The van der Waals surface area contributed by atoms with E-state index in [0.29, 0.717) is 0 Å². The number of hydrogen-bond donors (Lipinski definition) is 3. The smallest absolute Gasteiger partial charge is 0.166 e. The van der Waals surface area contributed by atoms with Gasteiger partial charge in [-0.1, -0.05) is 0 Å². The summed E-state index contributed by atoms with van der Waals surface area (Å²) in [6.07, 6.45) is 4.93. The van der Waals surface area contributed by atoms with Gasteiger partial charge in [0.15, 0.2) is 5.11 Å². The topological polar surface area (TPSA) is 67.1 Å². The van der Waals surface area contributed by atoms with E-state index < -0.39 is 0 Å². The Kier molecular flexibility index (Phi) is 11.8. The summed E-state index contributed by atoms with van der Waals surface area (Å²) in [5, 5.41) is 9.93. The van der Waals surface area contributed by atoms with Crippen LogP contribution in [0.5, 0.6) is 0 Å². The second-order valence-corrected chi connectivity index (χ2v) is 7.37. The first-order valence-corrected chi connectivity index (χ1v) is 10.3. The number of imidazole rings is 1. The van der Waals surface area contributed by atoms with E-state index in [-0.39, 0.29) is 0 Å². The fraction of sp³-hybridized carbons (Fsp3) is 0.556. The van der Waals surface area contributed by atoms with Crippen molar-refractivity contribution < 1.29 is 4.42 Å². The van der Waals surface area contributed by atoms with Crippen molar-refractivity contribution in [2.24, 2.45) is 0 Å². The summed E-state index contributed by atoms with van der Waals surface area (Å²) in [5.41, 5.74) is 1.05. The molecule has 0 atom stereocenters. The van der Waals surface area contributed by atoms with Gasteiger partial charge in [-0.05, 0) is 58.7 Å². The molecule has 0 aromatic carbocycles. The molecule has 26 heavy (non-hydrogen) atoms. The molecule has 3 N–H and O–H groups in total. The van der Waals surface area contributed by atoms with Crippen LogP contribution in [0.15, 0.2) is 29.1 Å². The van der Waals surface area contributed by atoms with Crippen molar-refractivity contribution >= 4 is 29.1 Å². The molecule has 0 unspecified atom stereocenters. The Morgan fingerprint density at radius 1 is 1.23 bits per heavy atom. The number of aromatic nitrogens is 2.